The number of benzene rings is 1. The Labute approximate surface area is 116 Å². The molecule has 1 aromatic heterocycles. The molecule has 0 unspecified atom stereocenters. The van der Waals surface area contributed by atoms with Gasteiger partial charge in [-0.05, 0) is 12.5 Å². The van der Waals surface area contributed by atoms with Crippen LogP contribution in [0.5, 0.6) is 0 Å². The number of thioether (sulfide) groups is 1. The van der Waals surface area contributed by atoms with Crippen molar-refractivity contribution < 1.29 is 9.21 Å². The fraction of sp³-hybridized carbons (Fsp3) is 0.308. The van der Waals surface area contributed by atoms with Gasteiger partial charge in [-0.25, -0.2) is 0 Å². The molecular formula is C13H15N3O2S. The van der Waals surface area contributed by atoms with Gasteiger partial charge >= 0.3 is 0 Å². The zero-order valence-corrected chi connectivity index (χ0v) is 11.7. The topological polar surface area (TPSA) is 59.2 Å². The summed E-state index contributed by atoms with van der Waals surface area (Å²) in [4.78, 5) is 13.3. The lowest BCUT2D eigenvalue weighted by Gasteiger charge is -2.11. The first kappa shape index (κ1) is 13.6. The van der Waals surface area contributed by atoms with Crippen molar-refractivity contribution >= 4 is 17.0 Å². The van der Waals surface area contributed by atoms with Crippen LogP contribution in [0.25, 0.3) is 0 Å². The Hall–Kier alpha value is -1.82. The Bertz CT molecular complexity index is 542. The third kappa shape index (κ3) is 3.82. The van der Waals surface area contributed by atoms with E-state index in [1.807, 2.05) is 37.3 Å². The number of rotatable bonds is 4. The van der Waals surface area contributed by atoms with Gasteiger partial charge in [0.25, 0.3) is 10.5 Å². The number of carbonyl (C=O) groups excluding carboxylic acids is 1. The summed E-state index contributed by atoms with van der Waals surface area (Å²) in [7, 11) is 1.73. The van der Waals surface area contributed by atoms with E-state index in [9.17, 15) is 4.79 Å². The molecule has 2 rings (SSSR count). The summed E-state index contributed by atoms with van der Waals surface area (Å²) >= 11 is 0.954. The second-order valence-electron chi connectivity index (χ2n) is 4.01. The van der Waals surface area contributed by atoms with Crippen molar-refractivity contribution in [3.63, 3.8) is 0 Å². The lowest BCUT2D eigenvalue weighted by Crippen LogP contribution is -2.21. The first-order chi connectivity index (χ1) is 9.19. The fourth-order valence-electron chi connectivity index (χ4n) is 1.40. The minimum absolute atomic E-state index is 0.0996. The standard InChI is InChI=1S/C13H15N3O2S/c1-3-16(2)13(17)19-12-15-14-11(18-12)9-10-7-5-4-6-8-10/h4-8H,3,9H2,1-2H3. The predicted octanol–water partition coefficient (Wildman–Crippen LogP) is 2.82. The number of amides is 1. The highest BCUT2D eigenvalue weighted by molar-refractivity contribution is 8.13. The Morgan fingerprint density at radius 3 is 2.74 bits per heavy atom. The molecule has 19 heavy (non-hydrogen) atoms. The molecule has 0 spiro atoms. The van der Waals surface area contributed by atoms with E-state index in [0.29, 0.717) is 18.9 Å². The van der Waals surface area contributed by atoms with Crippen LogP contribution in [-0.2, 0) is 6.42 Å². The highest BCUT2D eigenvalue weighted by Crippen LogP contribution is 2.20. The minimum atomic E-state index is -0.0996. The summed E-state index contributed by atoms with van der Waals surface area (Å²) in [5.74, 6) is 0.514. The van der Waals surface area contributed by atoms with Crippen LogP contribution in [0.3, 0.4) is 0 Å². The number of aromatic nitrogens is 2. The molecule has 2 aromatic rings. The third-order valence-corrected chi connectivity index (χ3v) is 3.43. The molecule has 5 nitrogen and oxygen atoms in total. The van der Waals surface area contributed by atoms with Crippen LogP contribution in [0, 0.1) is 0 Å². The third-order valence-electron chi connectivity index (χ3n) is 2.61. The van der Waals surface area contributed by atoms with Crippen LogP contribution in [0.2, 0.25) is 0 Å². The molecule has 0 atom stereocenters. The van der Waals surface area contributed by atoms with Crippen LogP contribution in [-0.4, -0.2) is 33.9 Å². The van der Waals surface area contributed by atoms with E-state index >= 15 is 0 Å². The second-order valence-corrected chi connectivity index (χ2v) is 4.91. The van der Waals surface area contributed by atoms with Gasteiger partial charge < -0.3 is 9.32 Å². The van der Waals surface area contributed by atoms with Gasteiger partial charge in [0, 0.05) is 25.4 Å². The van der Waals surface area contributed by atoms with Crippen LogP contribution >= 0.6 is 11.8 Å². The minimum Gasteiger partial charge on any atom is -0.415 e. The fourth-order valence-corrected chi connectivity index (χ4v) is 2.06. The normalized spacial score (nSPS) is 10.4. The first-order valence-electron chi connectivity index (χ1n) is 5.98. The van der Waals surface area contributed by atoms with E-state index in [2.05, 4.69) is 10.2 Å². The van der Waals surface area contributed by atoms with Gasteiger partial charge in [-0.2, -0.15) is 0 Å². The molecule has 0 fully saturated rings. The first-order valence-corrected chi connectivity index (χ1v) is 6.80. The summed E-state index contributed by atoms with van der Waals surface area (Å²) < 4.78 is 5.45. The van der Waals surface area contributed by atoms with Gasteiger partial charge in [-0.1, -0.05) is 30.3 Å². The number of nitrogens with zero attached hydrogens (tertiary/aromatic N) is 3. The zero-order valence-electron chi connectivity index (χ0n) is 10.9. The Morgan fingerprint density at radius 1 is 1.32 bits per heavy atom. The van der Waals surface area contributed by atoms with Crippen molar-refractivity contribution in [2.24, 2.45) is 0 Å². The largest absolute Gasteiger partial charge is 0.415 e. The van der Waals surface area contributed by atoms with Crippen LogP contribution in [0.4, 0.5) is 4.79 Å². The van der Waals surface area contributed by atoms with Crippen molar-refractivity contribution in [2.75, 3.05) is 13.6 Å². The van der Waals surface area contributed by atoms with Crippen molar-refractivity contribution in [1.82, 2.24) is 15.1 Å². The summed E-state index contributed by atoms with van der Waals surface area (Å²) in [5.41, 5.74) is 1.10. The van der Waals surface area contributed by atoms with Gasteiger partial charge in [0.1, 0.15) is 0 Å². The van der Waals surface area contributed by atoms with Crippen LogP contribution in [0.1, 0.15) is 18.4 Å². The van der Waals surface area contributed by atoms with Crippen molar-refractivity contribution in [2.45, 2.75) is 18.6 Å². The average molecular weight is 277 g/mol. The van der Waals surface area contributed by atoms with Crippen LogP contribution < -0.4 is 0 Å². The number of hydrogen-bond donors (Lipinski definition) is 0. The van der Waals surface area contributed by atoms with Crippen LogP contribution in [0.15, 0.2) is 40.0 Å². The Morgan fingerprint density at radius 2 is 2.05 bits per heavy atom. The monoisotopic (exact) mass is 277 g/mol. The number of hydrogen-bond acceptors (Lipinski definition) is 5. The maximum absolute atomic E-state index is 11.7. The molecule has 1 heterocycles. The van der Waals surface area contributed by atoms with E-state index in [-0.39, 0.29) is 10.5 Å². The molecule has 0 aliphatic rings. The lowest BCUT2D eigenvalue weighted by molar-refractivity contribution is 0.235. The molecule has 0 saturated heterocycles. The quantitative estimate of drug-likeness (QED) is 0.804. The lowest BCUT2D eigenvalue weighted by atomic mass is 10.2. The molecular weight excluding hydrogens is 262 g/mol. The smallest absolute Gasteiger partial charge is 0.290 e. The van der Waals surface area contributed by atoms with E-state index < -0.39 is 0 Å². The molecule has 6 heteroatoms. The van der Waals surface area contributed by atoms with Gasteiger partial charge in [-0.15, -0.1) is 10.2 Å². The predicted molar refractivity (Wildman–Crippen MR) is 73.1 cm³/mol. The van der Waals surface area contributed by atoms with Crippen molar-refractivity contribution in [3.8, 4) is 0 Å². The maximum atomic E-state index is 11.7. The van der Waals surface area contributed by atoms with E-state index in [0.717, 1.165) is 17.3 Å². The van der Waals surface area contributed by atoms with E-state index in [1.165, 1.54) is 0 Å². The average Bonchev–Trinajstić information content (AvgIpc) is 2.86. The van der Waals surface area contributed by atoms with Gasteiger partial charge in [-0.3, -0.25) is 4.79 Å². The molecule has 0 radical (unpaired) electrons. The van der Waals surface area contributed by atoms with Gasteiger partial charge in [0.2, 0.25) is 5.89 Å². The Kier molecular flexibility index (Phi) is 4.57. The second kappa shape index (κ2) is 6.38. The molecule has 0 saturated carbocycles. The summed E-state index contributed by atoms with van der Waals surface area (Å²) in [6.07, 6.45) is 0.576. The summed E-state index contributed by atoms with van der Waals surface area (Å²) in [5, 5.41) is 8.00. The molecule has 1 amide bonds. The summed E-state index contributed by atoms with van der Waals surface area (Å²) in [6, 6.07) is 9.86. The maximum Gasteiger partial charge on any atom is 0.290 e. The Balaban J connectivity index is 1.98. The SMILES string of the molecule is CCN(C)C(=O)Sc1nnc(Cc2ccccc2)o1. The number of carbonyl (C=O) groups is 1. The summed E-state index contributed by atoms with van der Waals surface area (Å²) in [6.45, 7) is 2.56. The van der Waals surface area contributed by atoms with Crippen molar-refractivity contribution in [1.29, 1.82) is 0 Å². The molecule has 0 aliphatic carbocycles. The molecule has 100 valence electrons. The molecule has 1 aromatic carbocycles. The zero-order chi connectivity index (χ0) is 13.7. The molecule has 0 aliphatic heterocycles. The molecule has 0 bridgehead atoms. The molecule has 0 N–H and O–H groups in total. The van der Waals surface area contributed by atoms with Gasteiger partial charge in [0.05, 0.1) is 6.42 Å². The van der Waals surface area contributed by atoms with Gasteiger partial charge in [0.15, 0.2) is 0 Å². The van der Waals surface area contributed by atoms with Crippen molar-refractivity contribution in [3.05, 3.63) is 41.8 Å². The highest BCUT2D eigenvalue weighted by Gasteiger charge is 2.14. The van der Waals surface area contributed by atoms with E-state index in [4.69, 9.17) is 4.42 Å². The highest BCUT2D eigenvalue weighted by atomic mass is 32.2. The van der Waals surface area contributed by atoms with E-state index in [1.54, 1.807) is 11.9 Å².